The fourth-order valence-electron chi connectivity index (χ4n) is 2.15. The molecule has 0 radical (unpaired) electrons. The van der Waals surface area contributed by atoms with Crippen LogP contribution in [0.25, 0.3) is 0 Å². The Morgan fingerprint density at radius 2 is 1.79 bits per heavy atom. The Balaban J connectivity index is 2.06. The van der Waals surface area contributed by atoms with Gasteiger partial charge in [0.2, 0.25) is 0 Å². The van der Waals surface area contributed by atoms with Gasteiger partial charge in [-0.25, -0.2) is 8.42 Å². The number of benzene rings is 2. The summed E-state index contributed by atoms with van der Waals surface area (Å²) in [7, 11) is -3.07. The van der Waals surface area contributed by atoms with Gasteiger partial charge in [0, 0.05) is 24.6 Å². The van der Waals surface area contributed by atoms with Crippen LogP contribution in [0, 0.1) is 21.4 Å². The van der Waals surface area contributed by atoms with Crippen molar-refractivity contribution in [1.82, 2.24) is 0 Å². The summed E-state index contributed by atoms with van der Waals surface area (Å²) in [6.45, 7) is 0.446. The van der Waals surface area contributed by atoms with Gasteiger partial charge in [-0.2, -0.15) is 5.26 Å². The summed E-state index contributed by atoms with van der Waals surface area (Å²) in [5, 5.41) is 22.8. The molecule has 0 heterocycles. The molecule has 124 valence electrons. The average Bonchev–Trinajstić information content (AvgIpc) is 2.52. The number of sulfone groups is 1. The largest absolute Gasteiger partial charge is 0.381 e. The molecule has 0 bridgehead atoms. The first-order valence-electron chi connectivity index (χ1n) is 6.96. The van der Waals surface area contributed by atoms with Crippen molar-refractivity contribution in [2.75, 3.05) is 11.6 Å². The lowest BCUT2D eigenvalue weighted by molar-refractivity contribution is -0.385. The van der Waals surface area contributed by atoms with Crippen LogP contribution in [0.3, 0.4) is 0 Å². The molecule has 2 aromatic carbocycles. The van der Waals surface area contributed by atoms with Gasteiger partial charge in [0.05, 0.1) is 10.7 Å². The van der Waals surface area contributed by atoms with Crippen LogP contribution in [0.15, 0.2) is 42.5 Å². The summed E-state index contributed by atoms with van der Waals surface area (Å²) < 4.78 is 22.5. The summed E-state index contributed by atoms with van der Waals surface area (Å²) in [6.07, 6.45) is 1.18. The zero-order chi connectivity index (χ0) is 17.7. The average molecular weight is 345 g/mol. The maximum Gasteiger partial charge on any atom is 0.287 e. The van der Waals surface area contributed by atoms with Gasteiger partial charge < -0.3 is 5.32 Å². The summed E-state index contributed by atoms with van der Waals surface area (Å²) in [5.41, 5.74) is 1.99. The van der Waals surface area contributed by atoms with Gasteiger partial charge in [0.15, 0.2) is 9.84 Å². The normalized spacial score (nSPS) is 10.8. The molecule has 0 fully saturated rings. The van der Waals surface area contributed by atoms with Crippen molar-refractivity contribution in [2.45, 2.75) is 12.3 Å². The second kappa shape index (κ2) is 7.10. The number of hydrogen-bond donors (Lipinski definition) is 1. The molecule has 2 aromatic rings. The van der Waals surface area contributed by atoms with Crippen LogP contribution >= 0.6 is 0 Å². The van der Waals surface area contributed by atoms with Crippen LogP contribution in [-0.2, 0) is 22.1 Å². The third kappa shape index (κ3) is 4.79. The van der Waals surface area contributed by atoms with Crippen molar-refractivity contribution >= 4 is 21.2 Å². The van der Waals surface area contributed by atoms with E-state index in [0.29, 0.717) is 17.8 Å². The predicted octanol–water partition coefficient (Wildman–Crippen LogP) is 2.62. The summed E-state index contributed by atoms with van der Waals surface area (Å²) in [4.78, 5) is 10.2. The molecule has 2 rings (SSSR count). The molecule has 0 aliphatic rings. The first-order chi connectivity index (χ1) is 11.3. The van der Waals surface area contributed by atoms with Crippen LogP contribution in [-0.4, -0.2) is 19.6 Å². The quantitative estimate of drug-likeness (QED) is 0.636. The number of anilines is 1. The fourth-order valence-corrected chi connectivity index (χ4v) is 2.95. The summed E-state index contributed by atoms with van der Waals surface area (Å²) >= 11 is 0. The Hall–Kier alpha value is -2.92. The molecule has 0 spiro atoms. The predicted molar refractivity (Wildman–Crippen MR) is 90.1 cm³/mol. The zero-order valence-corrected chi connectivity index (χ0v) is 13.7. The lowest BCUT2D eigenvalue weighted by Gasteiger charge is -2.08. The molecule has 0 aromatic heterocycles. The molecular weight excluding hydrogens is 330 g/mol. The van der Waals surface area contributed by atoms with Crippen LogP contribution in [0.4, 0.5) is 11.4 Å². The SMILES string of the molecule is CS(=O)(=O)Cc1ccc(CNc2ccc([N+](=O)[O-])c(C#N)c2)cc1. The monoisotopic (exact) mass is 345 g/mol. The lowest BCUT2D eigenvalue weighted by atomic mass is 10.1. The number of rotatable bonds is 6. The van der Waals surface area contributed by atoms with Gasteiger partial charge in [-0.3, -0.25) is 10.1 Å². The Morgan fingerprint density at radius 3 is 2.33 bits per heavy atom. The number of nitrogens with one attached hydrogen (secondary N) is 1. The molecule has 0 amide bonds. The van der Waals surface area contributed by atoms with Crippen molar-refractivity contribution in [1.29, 1.82) is 5.26 Å². The van der Waals surface area contributed by atoms with E-state index in [1.807, 2.05) is 12.1 Å². The molecule has 0 atom stereocenters. The van der Waals surface area contributed by atoms with Crippen LogP contribution in [0.5, 0.6) is 0 Å². The lowest BCUT2D eigenvalue weighted by Crippen LogP contribution is -2.03. The molecule has 7 nitrogen and oxygen atoms in total. The van der Waals surface area contributed by atoms with E-state index in [-0.39, 0.29) is 17.0 Å². The first-order valence-corrected chi connectivity index (χ1v) is 9.02. The molecule has 24 heavy (non-hydrogen) atoms. The fraction of sp³-hybridized carbons (Fsp3) is 0.188. The van der Waals surface area contributed by atoms with E-state index in [9.17, 15) is 18.5 Å². The highest BCUT2D eigenvalue weighted by Crippen LogP contribution is 2.22. The minimum absolute atomic E-state index is 0.00537. The molecule has 0 aliphatic heterocycles. The number of nitro benzene ring substituents is 1. The third-order valence-corrected chi connectivity index (χ3v) is 4.12. The molecule has 1 N–H and O–H groups in total. The van der Waals surface area contributed by atoms with E-state index < -0.39 is 14.8 Å². The van der Waals surface area contributed by atoms with Gasteiger partial charge >= 0.3 is 0 Å². The highest BCUT2D eigenvalue weighted by atomic mass is 32.2. The summed E-state index contributed by atoms with van der Waals surface area (Å²) in [6, 6.07) is 13.2. The Labute approximate surface area is 139 Å². The maximum atomic E-state index is 11.2. The van der Waals surface area contributed by atoms with E-state index in [1.54, 1.807) is 18.2 Å². The van der Waals surface area contributed by atoms with Crippen LogP contribution in [0.2, 0.25) is 0 Å². The Bertz CT molecular complexity index is 900. The van der Waals surface area contributed by atoms with Crippen molar-refractivity contribution in [3.05, 3.63) is 69.3 Å². The first kappa shape index (κ1) is 17.4. The minimum atomic E-state index is -3.07. The molecular formula is C16H15N3O4S. The summed E-state index contributed by atoms with van der Waals surface area (Å²) in [5.74, 6) is -0.00537. The molecule has 0 saturated carbocycles. The highest BCUT2D eigenvalue weighted by Gasteiger charge is 2.13. The maximum absolute atomic E-state index is 11.2. The number of nitro groups is 1. The smallest absolute Gasteiger partial charge is 0.287 e. The number of hydrogen-bond acceptors (Lipinski definition) is 6. The van der Waals surface area contributed by atoms with Crippen molar-refractivity contribution in [2.24, 2.45) is 0 Å². The standard InChI is InChI=1S/C16H15N3O4S/c1-24(22,23)11-13-4-2-12(3-5-13)10-18-15-6-7-16(19(20)21)14(8-15)9-17/h2-8,18H,10-11H2,1H3. The Kier molecular flexibility index (Phi) is 5.16. The van der Waals surface area contributed by atoms with E-state index in [0.717, 1.165) is 5.56 Å². The Morgan fingerprint density at radius 1 is 1.17 bits per heavy atom. The van der Waals surface area contributed by atoms with Gasteiger partial charge in [-0.1, -0.05) is 24.3 Å². The van der Waals surface area contributed by atoms with Crippen LogP contribution < -0.4 is 5.32 Å². The molecule has 0 saturated heterocycles. The van der Waals surface area contributed by atoms with E-state index >= 15 is 0 Å². The van der Waals surface area contributed by atoms with Gasteiger partial charge in [0.25, 0.3) is 5.69 Å². The van der Waals surface area contributed by atoms with E-state index in [2.05, 4.69) is 5.32 Å². The van der Waals surface area contributed by atoms with Crippen molar-refractivity contribution in [3.8, 4) is 6.07 Å². The zero-order valence-electron chi connectivity index (χ0n) is 12.9. The van der Waals surface area contributed by atoms with E-state index in [4.69, 9.17) is 5.26 Å². The van der Waals surface area contributed by atoms with E-state index in [1.165, 1.54) is 24.5 Å². The second-order valence-corrected chi connectivity index (χ2v) is 7.48. The van der Waals surface area contributed by atoms with Crippen molar-refractivity contribution in [3.63, 3.8) is 0 Å². The molecule has 0 unspecified atom stereocenters. The third-order valence-electron chi connectivity index (χ3n) is 3.26. The minimum Gasteiger partial charge on any atom is -0.381 e. The molecule has 0 aliphatic carbocycles. The topological polar surface area (TPSA) is 113 Å². The second-order valence-electron chi connectivity index (χ2n) is 5.34. The van der Waals surface area contributed by atoms with Crippen LogP contribution in [0.1, 0.15) is 16.7 Å². The highest BCUT2D eigenvalue weighted by molar-refractivity contribution is 7.89. The van der Waals surface area contributed by atoms with Crippen molar-refractivity contribution < 1.29 is 13.3 Å². The van der Waals surface area contributed by atoms with Gasteiger partial charge in [-0.05, 0) is 23.3 Å². The van der Waals surface area contributed by atoms with Gasteiger partial charge in [-0.15, -0.1) is 0 Å². The van der Waals surface area contributed by atoms with Gasteiger partial charge in [0.1, 0.15) is 11.6 Å². The molecule has 8 heteroatoms. The number of nitrogens with zero attached hydrogens (tertiary/aromatic N) is 2. The number of nitriles is 1.